The van der Waals surface area contributed by atoms with Crippen LogP contribution in [-0.4, -0.2) is 5.11 Å². The van der Waals surface area contributed by atoms with E-state index >= 15 is 0 Å². The summed E-state index contributed by atoms with van der Waals surface area (Å²) in [6.07, 6.45) is 0. The van der Waals surface area contributed by atoms with E-state index in [-0.39, 0.29) is 11.2 Å². The Labute approximate surface area is 117 Å². The van der Waals surface area contributed by atoms with Crippen molar-refractivity contribution in [2.45, 2.75) is 0 Å². The molecule has 1 N–H and O–H groups in total. The molecule has 19 heavy (non-hydrogen) atoms. The van der Waals surface area contributed by atoms with Gasteiger partial charge in [0.15, 0.2) is 5.76 Å². The minimum atomic E-state index is -0.153. The van der Waals surface area contributed by atoms with Gasteiger partial charge in [-0.1, -0.05) is 24.3 Å². The van der Waals surface area contributed by atoms with Gasteiger partial charge in [0.05, 0.1) is 10.9 Å². The van der Waals surface area contributed by atoms with Gasteiger partial charge in [0.2, 0.25) is 5.43 Å². The molecule has 3 nitrogen and oxygen atoms in total. The van der Waals surface area contributed by atoms with Gasteiger partial charge in [-0.25, -0.2) is 0 Å². The van der Waals surface area contributed by atoms with Crippen molar-refractivity contribution in [2.24, 2.45) is 0 Å². The highest BCUT2D eigenvalue weighted by Crippen LogP contribution is 2.34. The Kier molecular flexibility index (Phi) is 2.87. The molecule has 94 valence electrons. The summed E-state index contributed by atoms with van der Waals surface area (Å²) in [5.41, 5.74) is 0.825. The summed E-state index contributed by atoms with van der Waals surface area (Å²) in [5.74, 6) is 0.406. The van der Waals surface area contributed by atoms with Crippen LogP contribution in [0.5, 0.6) is 5.75 Å². The van der Waals surface area contributed by atoms with Gasteiger partial charge in [-0.2, -0.15) is 0 Å². The van der Waals surface area contributed by atoms with Crippen molar-refractivity contribution in [3.05, 3.63) is 63.2 Å². The fraction of sp³-hybridized carbons (Fsp3) is 0. The summed E-state index contributed by atoms with van der Waals surface area (Å²) in [6.45, 7) is 0. The smallest absolute Gasteiger partial charge is 0.207 e. The molecule has 0 radical (unpaired) electrons. The number of phenolic OH excluding ortho intramolecular Hbond substituents is 1. The second kappa shape index (κ2) is 4.55. The van der Waals surface area contributed by atoms with E-state index in [1.807, 2.05) is 0 Å². The van der Waals surface area contributed by atoms with Crippen LogP contribution in [0.25, 0.3) is 22.3 Å². The van der Waals surface area contributed by atoms with Crippen molar-refractivity contribution in [2.75, 3.05) is 0 Å². The molecule has 0 amide bonds. The van der Waals surface area contributed by atoms with E-state index < -0.39 is 0 Å². The molecule has 1 heterocycles. The third-order valence-corrected chi connectivity index (χ3v) is 3.61. The molecular weight excluding hydrogens is 308 g/mol. The molecule has 0 saturated carbocycles. The number of hydrogen-bond acceptors (Lipinski definition) is 3. The number of hydrogen-bond donors (Lipinski definition) is 1. The zero-order valence-corrected chi connectivity index (χ0v) is 11.3. The lowest BCUT2D eigenvalue weighted by Gasteiger charge is -2.07. The molecule has 0 unspecified atom stereocenters. The van der Waals surface area contributed by atoms with E-state index in [4.69, 9.17) is 4.42 Å². The molecule has 0 aliphatic rings. The first-order valence-corrected chi connectivity index (χ1v) is 6.47. The minimum Gasteiger partial charge on any atom is -0.507 e. The summed E-state index contributed by atoms with van der Waals surface area (Å²) < 4.78 is 6.05. The van der Waals surface area contributed by atoms with E-state index in [1.54, 1.807) is 48.5 Å². The molecule has 1 aromatic heterocycles. The average Bonchev–Trinajstić information content (AvgIpc) is 2.44. The monoisotopic (exact) mass is 316 g/mol. The van der Waals surface area contributed by atoms with Gasteiger partial charge >= 0.3 is 0 Å². The van der Waals surface area contributed by atoms with Crippen LogP contribution < -0.4 is 5.43 Å². The summed E-state index contributed by atoms with van der Waals surface area (Å²) in [4.78, 5) is 12.2. The van der Waals surface area contributed by atoms with Crippen LogP contribution >= 0.6 is 15.9 Å². The number of rotatable bonds is 1. The van der Waals surface area contributed by atoms with Crippen LogP contribution in [0.4, 0.5) is 0 Å². The van der Waals surface area contributed by atoms with Gasteiger partial charge in [0.1, 0.15) is 15.8 Å². The largest absolute Gasteiger partial charge is 0.507 e. The van der Waals surface area contributed by atoms with Crippen molar-refractivity contribution < 1.29 is 9.52 Å². The molecule has 0 saturated heterocycles. The van der Waals surface area contributed by atoms with E-state index in [1.165, 1.54) is 0 Å². The number of phenols is 1. The van der Waals surface area contributed by atoms with Crippen LogP contribution in [-0.2, 0) is 0 Å². The van der Waals surface area contributed by atoms with Gasteiger partial charge in [0, 0.05) is 0 Å². The molecule has 0 aliphatic carbocycles. The summed E-state index contributed by atoms with van der Waals surface area (Å²) in [5, 5.41) is 10.4. The molecule has 4 heteroatoms. The van der Waals surface area contributed by atoms with Crippen LogP contribution in [0.3, 0.4) is 0 Å². The Bertz CT molecular complexity index is 821. The summed E-state index contributed by atoms with van der Waals surface area (Å²) in [6, 6.07) is 13.8. The lowest BCUT2D eigenvalue weighted by Crippen LogP contribution is -2.03. The maximum Gasteiger partial charge on any atom is 0.207 e. The second-order valence-corrected chi connectivity index (χ2v) is 4.88. The molecule has 3 rings (SSSR count). The first-order valence-electron chi connectivity index (χ1n) is 5.68. The standard InChI is InChI=1S/C15H9BrO3/c16-13-14(18)10-6-2-4-8-12(10)19-15(13)9-5-1-3-7-11(9)17/h1-8,17H. The number of aromatic hydroxyl groups is 1. The number of benzene rings is 2. The van der Waals surface area contributed by atoms with Crippen molar-refractivity contribution in [1.82, 2.24) is 0 Å². The zero-order chi connectivity index (χ0) is 13.4. The Balaban J connectivity index is 2.40. The highest BCUT2D eigenvalue weighted by Gasteiger charge is 2.15. The van der Waals surface area contributed by atoms with Crippen LogP contribution in [0.15, 0.2) is 62.2 Å². The third-order valence-electron chi connectivity index (χ3n) is 2.89. The van der Waals surface area contributed by atoms with Crippen molar-refractivity contribution >= 4 is 26.9 Å². The van der Waals surface area contributed by atoms with Crippen molar-refractivity contribution in [3.8, 4) is 17.1 Å². The predicted molar refractivity (Wildman–Crippen MR) is 77.3 cm³/mol. The fourth-order valence-corrected chi connectivity index (χ4v) is 2.47. The number of para-hydroxylation sites is 2. The highest BCUT2D eigenvalue weighted by molar-refractivity contribution is 9.10. The fourth-order valence-electron chi connectivity index (χ4n) is 1.96. The topological polar surface area (TPSA) is 50.4 Å². The molecule has 3 aromatic rings. The van der Waals surface area contributed by atoms with Crippen LogP contribution in [0.2, 0.25) is 0 Å². The summed E-state index contributed by atoms with van der Waals surface area (Å²) >= 11 is 3.25. The third kappa shape index (κ3) is 1.94. The van der Waals surface area contributed by atoms with E-state index in [2.05, 4.69) is 15.9 Å². The Morgan fingerprint density at radius 1 is 1.00 bits per heavy atom. The Morgan fingerprint density at radius 2 is 1.68 bits per heavy atom. The van der Waals surface area contributed by atoms with E-state index in [9.17, 15) is 9.90 Å². The van der Waals surface area contributed by atoms with Crippen molar-refractivity contribution in [1.29, 1.82) is 0 Å². The van der Waals surface area contributed by atoms with Gasteiger partial charge in [0.25, 0.3) is 0 Å². The second-order valence-electron chi connectivity index (χ2n) is 4.09. The van der Waals surface area contributed by atoms with Gasteiger partial charge in [-0.3, -0.25) is 4.79 Å². The molecule has 0 aliphatic heterocycles. The quantitative estimate of drug-likeness (QED) is 0.740. The zero-order valence-electron chi connectivity index (χ0n) is 9.76. The Hall–Kier alpha value is -2.07. The van der Waals surface area contributed by atoms with Crippen LogP contribution in [0.1, 0.15) is 0 Å². The molecule has 0 fully saturated rings. The lowest BCUT2D eigenvalue weighted by atomic mass is 10.1. The first kappa shape index (κ1) is 12.0. The van der Waals surface area contributed by atoms with Gasteiger partial charge in [-0.05, 0) is 40.2 Å². The summed E-state index contributed by atoms with van der Waals surface area (Å²) in [7, 11) is 0. The first-order chi connectivity index (χ1) is 9.18. The molecule has 0 atom stereocenters. The molecular formula is C15H9BrO3. The lowest BCUT2D eigenvalue weighted by molar-refractivity contribution is 0.474. The van der Waals surface area contributed by atoms with Gasteiger partial charge < -0.3 is 9.52 Å². The SMILES string of the molecule is O=c1c(Br)c(-c2ccccc2O)oc2ccccc12. The Morgan fingerprint density at radius 3 is 2.47 bits per heavy atom. The van der Waals surface area contributed by atoms with E-state index in [0.29, 0.717) is 26.8 Å². The minimum absolute atomic E-state index is 0.0710. The van der Waals surface area contributed by atoms with Gasteiger partial charge in [-0.15, -0.1) is 0 Å². The molecule has 0 spiro atoms. The number of halogens is 1. The normalized spacial score (nSPS) is 10.8. The van der Waals surface area contributed by atoms with Crippen molar-refractivity contribution in [3.63, 3.8) is 0 Å². The molecule has 2 aromatic carbocycles. The highest BCUT2D eigenvalue weighted by atomic mass is 79.9. The average molecular weight is 317 g/mol. The number of fused-ring (bicyclic) bond motifs is 1. The maximum absolute atomic E-state index is 12.2. The predicted octanol–water partition coefficient (Wildman–Crippen LogP) is 3.93. The maximum atomic E-state index is 12.2. The molecule has 0 bridgehead atoms. The van der Waals surface area contributed by atoms with E-state index in [0.717, 1.165) is 0 Å². The van der Waals surface area contributed by atoms with Crippen LogP contribution in [0, 0.1) is 0 Å².